The van der Waals surface area contributed by atoms with Crippen LogP contribution in [0.5, 0.6) is 0 Å². The Hall–Kier alpha value is -2.89. The molecule has 5 heteroatoms. The lowest BCUT2D eigenvalue weighted by molar-refractivity contribution is -0.161. The molecule has 0 saturated carbocycles. The molecule has 2 atom stereocenters. The number of amides is 1. The third-order valence-corrected chi connectivity index (χ3v) is 7.51. The summed E-state index contributed by atoms with van der Waals surface area (Å²) in [6.07, 6.45) is 0. The van der Waals surface area contributed by atoms with E-state index in [2.05, 4.69) is 36.4 Å². The van der Waals surface area contributed by atoms with E-state index < -0.39 is 10.7 Å². The molecular weight excluding hydrogens is 406 g/mol. The van der Waals surface area contributed by atoms with E-state index in [0.29, 0.717) is 0 Å². The monoisotopic (exact) mass is 431 g/mol. The molecule has 0 aliphatic carbocycles. The number of nitrogens with zero attached hydrogens (tertiary/aromatic N) is 1. The molecule has 1 amide bonds. The van der Waals surface area contributed by atoms with Crippen LogP contribution in [0.4, 0.5) is 0 Å². The number of hydrogen-bond donors (Lipinski definition) is 0. The molecule has 0 aromatic heterocycles. The minimum Gasteiger partial charge on any atom is -0.364 e. The summed E-state index contributed by atoms with van der Waals surface area (Å²) in [5.74, 6) is -0.955. The predicted octanol–water partition coefficient (Wildman–Crippen LogP) is 4.69. The summed E-state index contributed by atoms with van der Waals surface area (Å²) in [5, 5.41) is -0.328. The Labute approximate surface area is 187 Å². The molecule has 4 rings (SSSR count). The van der Waals surface area contributed by atoms with Crippen molar-refractivity contribution in [3.8, 4) is 0 Å². The fourth-order valence-corrected chi connectivity index (χ4v) is 6.13. The maximum Gasteiger partial charge on any atom is 0.238 e. The zero-order valence-electron chi connectivity index (χ0n) is 17.6. The van der Waals surface area contributed by atoms with Crippen molar-refractivity contribution >= 4 is 23.5 Å². The number of ether oxygens (including phenoxy) is 1. The first-order chi connectivity index (χ1) is 15.1. The van der Waals surface area contributed by atoms with Crippen molar-refractivity contribution in [1.29, 1.82) is 0 Å². The number of carbonyl (C=O) groups is 2. The lowest BCUT2D eigenvalue weighted by Crippen LogP contribution is -2.63. The Balaban J connectivity index is 1.92. The highest BCUT2D eigenvalue weighted by Gasteiger charge is 2.54. The maximum absolute atomic E-state index is 12.7. The number of ketones is 1. The lowest BCUT2D eigenvalue weighted by atomic mass is 9.84. The number of methoxy groups -OCH3 is 1. The van der Waals surface area contributed by atoms with Gasteiger partial charge in [-0.15, -0.1) is 11.8 Å². The number of Topliss-reactive ketones (excluding diaryl/α,β-unsaturated/α-hetero) is 1. The normalized spacial score (nSPS) is 18.5. The molecule has 0 N–H and O–H groups in total. The van der Waals surface area contributed by atoms with Crippen LogP contribution in [0.25, 0.3) is 0 Å². The third-order valence-electron chi connectivity index (χ3n) is 5.69. The van der Waals surface area contributed by atoms with Gasteiger partial charge in [0.1, 0.15) is 23.8 Å². The lowest BCUT2D eigenvalue weighted by Gasteiger charge is -2.49. The first kappa shape index (κ1) is 21.3. The van der Waals surface area contributed by atoms with Crippen LogP contribution in [-0.4, -0.2) is 35.8 Å². The van der Waals surface area contributed by atoms with E-state index >= 15 is 0 Å². The molecule has 2 unspecified atom stereocenters. The van der Waals surface area contributed by atoms with Gasteiger partial charge in [-0.3, -0.25) is 9.59 Å². The van der Waals surface area contributed by atoms with Crippen LogP contribution in [0, 0.1) is 5.92 Å². The number of rotatable bonds is 8. The van der Waals surface area contributed by atoms with Crippen LogP contribution < -0.4 is 0 Å². The topological polar surface area (TPSA) is 46.6 Å². The maximum atomic E-state index is 12.7. The molecular formula is C26H25NO3S. The summed E-state index contributed by atoms with van der Waals surface area (Å²) in [4.78, 5) is 26.8. The average Bonchev–Trinajstić information content (AvgIpc) is 2.81. The van der Waals surface area contributed by atoms with Crippen molar-refractivity contribution in [3.63, 3.8) is 0 Å². The van der Waals surface area contributed by atoms with Crippen molar-refractivity contribution in [2.24, 2.45) is 5.92 Å². The molecule has 31 heavy (non-hydrogen) atoms. The first-order valence-corrected chi connectivity index (χ1v) is 11.1. The van der Waals surface area contributed by atoms with Crippen LogP contribution in [0.1, 0.15) is 23.6 Å². The zero-order chi connectivity index (χ0) is 21.8. The zero-order valence-corrected chi connectivity index (χ0v) is 18.4. The minimum absolute atomic E-state index is 0.113. The molecule has 1 aliphatic heterocycles. The summed E-state index contributed by atoms with van der Waals surface area (Å²) < 4.78 is 4.68. The molecule has 0 spiro atoms. The summed E-state index contributed by atoms with van der Waals surface area (Å²) >= 11 is 1.63. The van der Waals surface area contributed by atoms with E-state index in [0.717, 1.165) is 16.7 Å². The van der Waals surface area contributed by atoms with Gasteiger partial charge in [0.15, 0.2) is 0 Å². The van der Waals surface area contributed by atoms with Crippen molar-refractivity contribution in [2.75, 3.05) is 13.8 Å². The van der Waals surface area contributed by atoms with Crippen molar-refractivity contribution in [3.05, 3.63) is 108 Å². The minimum atomic E-state index is -0.671. The van der Waals surface area contributed by atoms with Gasteiger partial charge < -0.3 is 9.64 Å². The Morgan fingerprint density at radius 1 is 0.871 bits per heavy atom. The second-order valence-electron chi connectivity index (χ2n) is 7.60. The van der Waals surface area contributed by atoms with Gasteiger partial charge in [-0.2, -0.15) is 0 Å². The van der Waals surface area contributed by atoms with Gasteiger partial charge >= 0.3 is 0 Å². The Bertz CT molecular complexity index is 943. The highest BCUT2D eigenvalue weighted by Crippen LogP contribution is 2.54. The SMILES string of the molecule is COCN1C(=O)C(C(C)=O)C1SC(c1ccccc1)(c1ccccc1)c1ccccc1. The van der Waals surface area contributed by atoms with Crippen LogP contribution in [0.15, 0.2) is 91.0 Å². The molecule has 158 valence electrons. The second kappa shape index (κ2) is 9.08. The molecule has 1 saturated heterocycles. The van der Waals surface area contributed by atoms with Gasteiger partial charge in [-0.05, 0) is 23.6 Å². The van der Waals surface area contributed by atoms with E-state index in [4.69, 9.17) is 4.74 Å². The first-order valence-electron chi connectivity index (χ1n) is 10.2. The summed E-state index contributed by atoms with van der Waals surface area (Å²) in [6, 6.07) is 30.8. The van der Waals surface area contributed by atoms with Crippen molar-refractivity contribution in [1.82, 2.24) is 4.90 Å². The van der Waals surface area contributed by atoms with Gasteiger partial charge in [0.05, 0.1) is 4.75 Å². The smallest absolute Gasteiger partial charge is 0.238 e. The molecule has 1 aliphatic rings. The van der Waals surface area contributed by atoms with Gasteiger partial charge in [0, 0.05) is 7.11 Å². The largest absolute Gasteiger partial charge is 0.364 e. The summed E-state index contributed by atoms with van der Waals surface area (Å²) in [6.45, 7) is 1.66. The molecule has 1 heterocycles. The molecule has 4 nitrogen and oxygen atoms in total. The molecule has 0 bridgehead atoms. The molecule has 1 fully saturated rings. The Morgan fingerprint density at radius 3 is 1.65 bits per heavy atom. The number of carbonyl (C=O) groups excluding carboxylic acids is 2. The van der Waals surface area contributed by atoms with Crippen LogP contribution in [0.3, 0.4) is 0 Å². The highest BCUT2D eigenvalue weighted by molar-refractivity contribution is 8.01. The van der Waals surface area contributed by atoms with Crippen molar-refractivity contribution in [2.45, 2.75) is 17.0 Å². The molecule has 3 aromatic carbocycles. The number of benzene rings is 3. The van der Waals surface area contributed by atoms with Gasteiger partial charge in [0.25, 0.3) is 0 Å². The number of likely N-dealkylation sites (tertiary alicyclic amines) is 1. The van der Waals surface area contributed by atoms with E-state index in [9.17, 15) is 9.59 Å². The third kappa shape index (κ3) is 3.80. The van der Waals surface area contributed by atoms with Crippen molar-refractivity contribution < 1.29 is 14.3 Å². The van der Waals surface area contributed by atoms with Gasteiger partial charge in [0.2, 0.25) is 5.91 Å². The molecule has 3 aromatic rings. The molecule has 0 radical (unpaired) electrons. The van der Waals surface area contributed by atoms with Gasteiger partial charge in [-0.1, -0.05) is 91.0 Å². The fourth-order valence-electron chi connectivity index (χ4n) is 4.21. The van der Waals surface area contributed by atoms with Crippen LogP contribution in [-0.2, 0) is 19.1 Å². The average molecular weight is 432 g/mol. The number of hydrogen-bond acceptors (Lipinski definition) is 4. The Kier molecular flexibility index (Phi) is 6.25. The summed E-state index contributed by atoms with van der Waals surface area (Å²) in [7, 11) is 1.56. The van der Waals surface area contributed by atoms with Gasteiger partial charge in [-0.25, -0.2) is 0 Å². The predicted molar refractivity (Wildman–Crippen MR) is 123 cm³/mol. The number of β-lactam (4-membered cyclic amide) rings is 1. The quantitative estimate of drug-likeness (QED) is 0.295. The standard InChI is InChI=1S/C26H25NO3S/c1-19(28)23-24(29)27(18-30-2)25(23)31-26(20-12-6-3-7-13-20,21-14-8-4-9-15-21)22-16-10-5-11-17-22/h3-17,23,25H,18H2,1-2H3. The summed E-state index contributed by atoms with van der Waals surface area (Å²) in [5.41, 5.74) is 3.28. The van der Waals surface area contributed by atoms with E-state index in [1.807, 2.05) is 54.6 Å². The van der Waals surface area contributed by atoms with Crippen LogP contribution >= 0.6 is 11.8 Å². The number of thioether (sulfide) groups is 1. The van der Waals surface area contributed by atoms with E-state index in [-0.39, 0.29) is 23.8 Å². The van der Waals surface area contributed by atoms with E-state index in [1.54, 1.807) is 23.8 Å². The fraction of sp³-hybridized carbons (Fsp3) is 0.231. The highest BCUT2D eigenvalue weighted by atomic mass is 32.2. The second-order valence-corrected chi connectivity index (χ2v) is 8.93. The van der Waals surface area contributed by atoms with Crippen LogP contribution in [0.2, 0.25) is 0 Å². The van der Waals surface area contributed by atoms with E-state index in [1.165, 1.54) is 6.92 Å². The Morgan fingerprint density at radius 2 is 1.29 bits per heavy atom.